The fourth-order valence-corrected chi connectivity index (χ4v) is 4.25. The highest BCUT2D eigenvalue weighted by atomic mass is 16.5. The molecule has 2 aromatic carbocycles. The minimum atomic E-state index is 0.292. The third-order valence-corrected chi connectivity index (χ3v) is 5.62. The molecular weight excluding hydrogens is 294 g/mol. The van der Waals surface area contributed by atoms with E-state index >= 15 is 0 Å². The molecule has 1 heterocycles. The topological polar surface area (TPSA) is 21.3 Å². The second-order valence-corrected chi connectivity index (χ2v) is 6.92. The quantitative estimate of drug-likeness (QED) is 0.751. The predicted molar refractivity (Wildman–Crippen MR) is 99.9 cm³/mol. The number of nitrogens with one attached hydrogen (secondary N) is 1. The highest BCUT2D eigenvalue weighted by Gasteiger charge is 2.39. The van der Waals surface area contributed by atoms with Crippen LogP contribution in [0.4, 0.5) is 5.69 Å². The van der Waals surface area contributed by atoms with E-state index in [-0.39, 0.29) is 0 Å². The number of rotatable bonds is 3. The normalized spacial score (nSPS) is 24.2. The molecule has 0 saturated heterocycles. The minimum Gasteiger partial charge on any atom is -0.494 e. The molecule has 0 radical (unpaired) electrons. The number of hydrogen-bond donors (Lipinski definition) is 1. The summed E-state index contributed by atoms with van der Waals surface area (Å²) in [6.45, 7) is 7.17. The van der Waals surface area contributed by atoms with Crippen LogP contribution < -0.4 is 10.1 Å². The van der Waals surface area contributed by atoms with Crippen molar-refractivity contribution in [2.45, 2.75) is 39.2 Å². The number of benzene rings is 2. The van der Waals surface area contributed by atoms with Crippen LogP contribution in [0.25, 0.3) is 0 Å². The molecule has 2 nitrogen and oxygen atoms in total. The van der Waals surface area contributed by atoms with E-state index in [1.165, 1.54) is 27.9 Å². The van der Waals surface area contributed by atoms with Crippen LogP contribution in [0.2, 0.25) is 0 Å². The first kappa shape index (κ1) is 15.3. The second kappa shape index (κ2) is 6.01. The number of ether oxygens (including phenoxy) is 1. The Bertz CT molecular complexity index is 793. The van der Waals surface area contributed by atoms with Crippen molar-refractivity contribution >= 4 is 5.69 Å². The van der Waals surface area contributed by atoms with E-state index in [2.05, 4.69) is 67.7 Å². The van der Waals surface area contributed by atoms with Crippen molar-refractivity contribution in [3.63, 3.8) is 0 Å². The van der Waals surface area contributed by atoms with Crippen LogP contribution in [-0.4, -0.2) is 6.61 Å². The summed E-state index contributed by atoms with van der Waals surface area (Å²) in [5.74, 6) is 2.07. The molecule has 0 amide bonds. The van der Waals surface area contributed by atoms with Crippen LogP contribution in [0.15, 0.2) is 48.6 Å². The number of aryl methyl sites for hydroxylation is 1. The van der Waals surface area contributed by atoms with Gasteiger partial charge in [0, 0.05) is 17.2 Å². The van der Waals surface area contributed by atoms with Gasteiger partial charge in [-0.2, -0.15) is 0 Å². The van der Waals surface area contributed by atoms with E-state index < -0.39 is 0 Å². The van der Waals surface area contributed by atoms with E-state index in [0.29, 0.717) is 24.5 Å². The molecule has 0 fully saturated rings. The summed E-state index contributed by atoms with van der Waals surface area (Å²) in [5.41, 5.74) is 6.76. The predicted octanol–water partition coefficient (Wildman–Crippen LogP) is 5.53. The van der Waals surface area contributed by atoms with Gasteiger partial charge in [-0.1, -0.05) is 42.5 Å². The van der Waals surface area contributed by atoms with Crippen molar-refractivity contribution in [2.24, 2.45) is 5.92 Å². The highest BCUT2D eigenvalue weighted by Crippen LogP contribution is 2.52. The first-order chi connectivity index (χ1) is 11.7. The van der Waals surface area contributed by atoms with E-state index in [1.807, 2.05) is 6.92 Å². The Morgan fingerprint density at radius 3 is 2.75 bits per heavy atom. The maximum atomic E-state index is 5.92. The van der Waals surface area contributed by atoms with Crippen LogP contribution in [0.3, 0.4) is 0 Å². The van der Waals surface area contributed by atoms with Crippen LogP contribution in [0.1, 0.15) is 47.6 Å². The molecule has 1 N–H and O–H groups in total. The van der Waals surface area contributed by atoms with Crippen molar-refractivity contribution in [3.8, 4) is 5.75 Å². The molecule has 0 saturated carbocycles. The van der Waals surface area contributed by atoms with E-state index in [0.717, 1.165) is 12.2 Å². The van der Waals surface area contributed by atoms with Gasteiger partial charge in [0.25, 0.3) is 0 Å². The Kier molecular flexibility index (Phi) is 3.84. The third-order valence-electron chi connectivity index (χ3n) is 5.62. The Labute approximate surface area is 144 Å². The third kappa shape index (κ3) is 2.32. The lowest BCUT2D eigenvalue weighted by Gasteiger charge is -2.39. The van der Waals surface area contributed by atoms with Crippen LogP contribution in [0, 0.1) is 19.8 Å². The molecule has 0 spiro atoms. The molecule has 2 aliphatic rings. The average Bonchev–Trinajstić information content (AvgIpc) is 3.08. The van der Waals surface area contributed by atoms with Gasteiger partial charge in [-0.05, 0) is 55.9 Å². The largest absolute Gasteiger partial charge is 0.494 e. The average molecular weight is 319 g/mol. The van der Waals surface area contributed by atoms with Gasteiger partial charge in [-0.15, -0.1) is 0 Å². The fourth-order valence-electron chi connectivity index (χ4n) is 4.25. The maximum Gasteiger partial charge on any atom is 0.124 e. The zero-order valence-corrected chi connectivity index (χ0v) is 14.7. The number of para-hydroxylation sites is 1. The summed E-state index contributed by atoms with van der Waals surface area (Å²) in [4.78, 5) is 0. The molecule has 3 unspecified atom stereocenters. The molecule has 0 bridgehead atoms. The van der Waals surface area contributed by atoms with Gasteiger partial charge in [-0.25, -0.2) is 0 Å². The van der Waals surface area contributed by atoms with E-state index in [1.54, 1.807) is 0 Å². The Hall–Kier alpha value is -2.22. The molecule has 3 atom stereocenters. The lowest BCUT2D eigenvalue weighted by atomic mass is 9.76. The molecule has 1 aliphatic heterocycles. The van der Waals surface area contributed by atoms with Crippen molar-refractivity contribution in [2.75, 3.05) is 11.9 Å². The van der Waals surface area contributed by atoms with Crippen molar-refractivity contribution in [3.05, 3.63) is 70.8 Å². The van der Waals surface area contributed by atoms with Gasteiger partial charge < -0.3 is 10.1 Å². The van der Waals surface area contributed by atoms with Crippen molar-refractivity contribution < 1.29 is 4.74 Å². The fraction of sp³-hybridized carbons (Fsp3) is 0.364. The molecule has 2 heteroatoms. The van der Waals surface area contributed by atoms with E-state index in [9.17, 15) is 0 Å². The van der Waals surface area contributed by atoms with Crippen LogP contribution in [-0.2, 0) is 0 Å². The maximum absolute atomic E-state index is 5.92. The standard InChI is InChI=1S/C22H25NO/c1-4-24-20-11-6-5-8-19(20)22-17-10-7-9-16(17)18-13-12-14(2)15(3)21(18)23-22/h5-9,11-13,16-17,22-23H,4,10H2,1-3H3. The minimum absolute atomic E-state index is 0.292. The Balaban J connectivity index is 1.82. The molecule has 24 heavy (non-hydrogen) atoms. The van der Waals surface area contributed by atoms with Gasteiger partial charge in [-0.3, -0.25) is 0 Å². The summed E-state index contributed by atoms with van der Waals surface area (Å²) in [7, 11) is 0. The van der Waals surface area contributed by atoms with E-state index in [4.69, 9.17) is 4.74 Å². The molecular formula is C22H25NO. The molecule has 2 aromatic rings. The summed E-state index contributed by atoms with van der Waals surface area (Å²) in [5, 5.41) is 3.87. The molecule has 124 valence electrons. The SMILES string of the molecule is CCOc1ccccc1C1Nc2c(ccc(C)c2C)C2C=CCC21. The zero-order chi connectivity index (χ0) is 16.7. The first-order valence-corrected chi connectivity index (χ1v) is 8.95. The van der Waals surface area contributed by atoms with Crippen molar-refractivity contribution in [1.29, 1.82) is 0 Å². The van der Waals surface area contributed by atoms with Gasteiger partial charge in [0.1, 0.15) is 5.75 Å². The molecule has 1 aliphatic carbocycles. The summed E-state index contributed by atoms with van der Waals surface area (Å²) < 4.78 is 5.92. The van der Waals surface area contributed by atoms with Gasteiger partial charge in [0.15, 0.2) is 0 Å². The van der Waals surface area contributed by atoms with Crippen molar-refractivity contribution in [1.82, 2.24) is 0 Å². The van der Waals surface area contributed by atoms with Gasteiger partial charge in [0.2, 0.25) is 0 Å². The number of allylic oxidation sites excluding steroid dienone is 2. The Morgan fingerprint density at radius 1 is 1.08 bits per heavy atom. The first-order valence-electron chi connectivity index (χ1n) is 8.95. The second-order valence-electron chi connectivity index (χ2n) is 6.92. The number of anilines is 1. The monoisotopic (exact) mass is 319 g/mol. The van der Waals surface area contributed by atoms with Crippen LogP contribution >= 0.6 is 0 Å². The van der Waals surface area contributed by atoms with Crippen LogP contribution in [0.5, 0.6) is 5.75 Å². The summed E-state index contributed by atoms with van der Waals surface area (Å²) in [6, 6.07) is 13.3. The Morgan fingerprint density at radius 2 is 1.92 bits per heavy atom. The summed E-state index contributed by atoms with van der Waals surface area (Å²) >= 11 is 0. The summed E-state index contributed by atoms with van der Waals surface area (Å²) in [6.07, 6.45) is 5.86. The lowest BCUT2D eigenvalue weighted by Crippen LogP contribution is -2.30. The number of hydrogen-bond acceptors (Lipinski definition) is 2. The molecule has 0 aromatic heterocycles. The van der Waals surface area contributed by atoms with Gasteiger partial charge in [0.05, 0.1) is 12.6 Å². The smallest absolute Gasteiger partial charge is 0.124 e. The lowest BCUT2D eigenvalue weighted by molar-refractivity contribution is 0.326. The zero-order valence-electron chi connectivity index (χ0n) is 14.7. The highest BCUT2D eigenvalue weighted by molar-refractivity contribution is 5.66. The molecule has 4 rings (SSSR count). The number of fused-ring (bicyclic) bond motifs is 3. The van der Waals surface area contributed by atoms with Gasteiger partial charge >= 0.3 is 0 Å².